The summed E-state index contributed by atoms with van der Waals surface area (Å²) in [5.74, 6) is 0. The largest absolute Gasteiger partial charge is 0.389 e. The molecule has 0 saturated heterocycles. The van der Waals surface area contributed by atoms with Gasteiger partial charge >= 0.3 is 0 Å². The van der Waals surface area contributed by atoms with Crippen molar-refractivity contribution in [2.75, 3.05) is 0 Å². The van der Waals surface area contributed by atoms with E-state index in [1.54, 1.807) is 18.7 Å². The van der Waals surface area contributed by atoms with Crippen LogP contribution < -0.4 is 0 Å². The number of fused-ring (bicyclic) bond motifs is 1. The van der Waals surface area contributed by atoms with Crippen molar-refractivity contribution in [3.05, 3.63) is 54.1 Å². The summed E-state index contributed by atoms with van der Waals surface area (Å²) in [6.07, 6.45) is -0.479. The topological polar surface area (TPSA) is 48.9 Å². The first-order chi connectivity index (χ1) is 9.24. The van der Waals surface area contributed by atoms with Gasteiger partial charge in [0.1, 0.15) is 0 Å². The molecule has 2 aromatic carbocycles. The third-order valence-electron chi connectivity index (χ3n) is 2.94. The molecule has 2 N–H and O–H groups in total. The first kappa shape index (κ1) is 12.3. The van der Waals surface area contributed by atoms with Gasteiger partial charge in [-0.3, -0.25) is 0 Å². The van der Waals surface area contributed by atoms with E-state index in [2.05, 4.69) is 9.97 Å². The van der Waals surface area contributed by atoms with Crippen molar-refractivity contribution in [3.63, 3.8) is 0 Å². The molecule has 0 bridgehead atoms. The van der Waals surface area contributed by atoms with E-state index in [1.165, 1.54) is 0 Å². The van der Waals surface area contributed by atoms with Crippen molar-refractivity contribution in [2.45, 2.75) is 23.1 Å². The molecule has 1 heterocycles. The van der Waals surface area contributed by atoms with Crippen molar-refractivity contribution in [3.8, 4) is 0 Å². The number of aromatic amines is 1. The molecule has 0 radical (unpaired) electrons. The van der Waals surface area contributed by atoms with E-state index < -0.39 is 6.10 Å². The van der Waals surface area contributed by atoms with Crippen LogP contribution in [0.25, 0.3) is 11.0 Å². The summed E-state index contributed by atoms with van der Waals surface area (Å²) >= 11 is 1.54. The van der Waals surface area contributed by atoms with Crippen LogP contribution in [0.3, 0.4) is 0 Å². The van der Waals surface area contributed by atoms with Crippen LogP contribution in [0.1, 0.15) is 18.6 Å². The summed E-state index contributed by atoms with van der Waals surface area (Å²) in [5, 5.41) is 10.6. The van der Waals surface area contributed by atoms with Crippen molar-refractivity contribution in [1.82, 2.24) is 9.97 Å². The molecule has 0 amide bonds. The van der Waals surface area contributed by atoms with Crippen LogP contribution in [-0.2, 0) is 0 Å². The van der Waals surface area contributed by atoms with Gasteiger partial charge in [-0.05, 0) is 30.7 Å². The van der Waals surface area contributed by atoms with Gasteiger partial charge in [0, 0.05) is 4.90 Å². The second-order valence-corrected chi connectivity index (χ2v) is 5.41. The molecule has 0 fully saturated rings. The van der Waals surface area contributed by atoms with E-state index in [0.717, 1.165) is 26.6 Å². The zero-order valence-electron chi connectivity index (χ0n) is 10.5. The van der Waals surface area contributed by atoms with Gasteiger partial charge in [0.2, 0.25) is 0 Å². The Kier molecular flexibility index (Phi) is 3.27. The molecule has 0 aliphatic heterocycles. The summed E-state index contributed by atoms with van der Waals surface area (Å²) in [6.45, 7) is 1.78. The highest BCUT2D eigenvalue weighted by molar-refractivity contribution is 7.99. The molecule has 0 aliphatic carbocycles. The Labute approximate surface area is 115 Å². The quantitative estimate of drug-likeness (QED) is 0.761. The number of aliphatic hydroxyl groups is 1. The average molecular weight is 270 g/mol. The second kappa shape index (κ2) is 5.07. The van der Waals surface area contributed by atoms with Crippen LogP contribution >= 0.6 is 11.8 Å². The number of hydrogen-bond donors (Lipinski definition) is 2. The van der Waals surface area contributed by atoms with Crippen LogP contribution in [0.5, 0.6) is 0 Å². The highest BCUT2D eigenvalue weighted by Gasteiger charge is 2.10. The van der Waals surface area contributed by atoms with Crippen LogP contribution in [-0.4, -0.2) is 15.1 Å². The fourth-order valence-electron chi connectivity index (χ4n) is 2.00. The Morgan fingerprint density at radius 3 is 2.63 bits per heavy atom. The Morgan fingerprint density at radius 1 is 1.11 bits per heavy atom. The Bertz CT molecular complexity index is 673. The van der Waals surface area contributed by atoms with Crippen LogP contribution in [0.4, 0.5) is 0 Å². The highest BCUT2D eigenvalue weighted by Crippen LogP contribution is 2.32. The maximum Gasteiger partial charge on any atom is 0.171 e. The minimum Gasteiger partial charge on any atom is -0.389 e. The molecule has 96 valence electrons. The Morgan fingerprint density at radius 2 is 1.84 bits per heavy atom. The van der Waals surface area contributed by atoms with E-state index in [9.17, 15) is 5.11 Å². The molecule has 1 aromatic heterocycles. The lowest BCUT2D eigenvalue weighted by Crippen LogP contribution is -1.93. The first-order valence-corrected chi connectivity index (χ1v) is 6.95. The van der Waals surface area contributed by atoms with E-state index in [-0.39, 0.29) is 0 Å². The zero-order chi connectivity index (χ0) is 13.2. The summed E-state index contributed by atoms with van der Waals surface area (Å²) in [7, 11) is 0. The first-order valence-electron chi connectivity index (χ1n) is 6.13. The van der Waals surface area contributed by atoms with Crippen LogP contribution in [0, 0.1) is 0 Å². The normalized spacial score (nSPS) is 12.7. The van der Waals surface area contributed by atoms with Gasteiger partial charge in [-0.2, -0.15) is 0 Å². The molecule has 3 nitrogen and oxygen atoms in total. The van der Waals surface area contributed by atoms with Crippen molar-refractivity contribution >= 4 is 22.8 Å². The predicted octanol–water partition coefficient (Wildman–Crippen LogP) is 3.77. The average Bonchev–Trinajstić information content (AvgIpc) is 2.81. The van der Waals surface area contributed by atoms with Gasteiger partial charge in [0.15, 0.2) is 5.16 Å². The van der Waals surface area contributed by atoms with Gasteiger partial charge in [0.05, 0.1) is 17.1 Å². The van der Waals surface area contributed by atoms with E-state index in [0.29, 0.717) is 0 Å². The monoisotopic (exact) mass is 270 g/mol. The van der Waals surface area contributed by atoms with Gasteiger partial charge in [-0.1, -0.05) is 42.1 Å². The standard InChI is InChI=1S/C15H14N2OS/c1-10(18)11-6-2-5-9-14(11)19-15-16-12-7-3-4-8-13(12)17-15/h2-10,18H,1H3,(H,16,17). The molecule has 4 heteroatoms. The third-order valence-corrected chi connectivity index (χ3v) is 3.92. The second-order valence-electron chi connectivity index (χ2n) is 4.37. The fraction of sp³-hybridized carbons (Fsp3) is 0.133. The molecule has 3 aromatic rings. The number of rotatable bonds is 3. The minimum atomic E-state index is -0.479. The number of hydrogen-bond acceptors (Lipinski definition) is 3. The summed E-state index contributed by atoms with van der Waals surface area (Å²) < 4.78 is 0. The minimum absolute atomic E-state index is 0.479. The van der Waals surface area contributed by atoms with E-state index in [4.69, 9.17) is 0 Å². The zero-order valence-corrected chi connectivity index (χ0v) is 11.3. The fourth-order valence-corrected chi connectivity index (χ4v) is 3.02. The number of nitrogens with one attached hydrogen (secondary N) is 1. The molecule has 3 rings (SSSR count). The molecule has 0 saturated carbocycles. The molecule has 1 atom stereocenters. The maximum absolute atomic E-state index is 9.78. The maximum atomic E-state index is 9.78. The predicted molar refractivity (Wildman–Crippen MR) is 77.3 cm³/mol. The number of para-hydroxylation sites is 2. The van der Waals surface area contributed by atoms with Crippen LogP contribution in [0.2, 0.25) is 0 Å². The third kappa shape index (κ3) is 2.50. The number of aromatic nitrogens is 2. The summed E-state index contributed by atoms with van der Waals surface area (Å²) in [4.78, 5) is 8.84. The Balaban J connectivity index is 1.97. The lowest BCUT2D eigenvalue weighted by Gasteiger charge is -2.09. The van der Waals surface area contributed by atoms with Crippen molar-refractivity contribution in [2.24, 2.45) is 0 Å². The molecular formula is C15H14N2OS. The summed E-state index contributed by atoms with van der Waals surface area (Å²) in [6, 6.07) is 15.8. The molecule has 1 unspecified atom stereocenters. The molecular weight excluding hydrogens is 256 g/mol. The SMILES string of the molecule is CC(O)c1ccccc1Sc1nc2ccccc2[nH]1. The molecule has 0 aliphatic rings. The van der Waals surface area contributed by atoms with Gasteiger partial charge in [0.25, 0.3) is 0 Å². The lowest BCUT2D eigenvalue weighted by atomic mass is 10.1. The number of aliphatic hydroxyl groups excluding tert-OH is 1. The summed E-state index contributed by atoms with van der Waals surface area (Å²) in [5.41, 5.74) is 2.91. The lowest BCUT2D eigenvalue weighted by molar-refractivity contribution is 0.196. The smallest absolute Gasteiger partial charge is 0.171 e. The van der Waals surface area contributed by atoms with Crippen LogP contribution in [0.15, 0.2) is 58.6 Å². The number of H-pyrrole nitrogens is 1. The van der Waals surface area contributed by atoms with Crippen molar-refractivity contribution in [1.29, 1.82) is 0 Å². The van der Waals surface area contributed by atoms with Gasteiger partial charge in [-0.25, -0.2) is 4.98 Å². The molecule has 0 spiro atoms. The highest BCUT2D eigenvalue weighted by atomic mass is 32.2. The number of imidazole rings is 1. The Hall–Kier alpha value is -1.78. The number of nitrogens with zero attached hydrogens (tertiary/aromatic N) is 1. The van der Waals surface area contributed by atoms with Gasteiger partial charge < -0.3 is 10.1 Å². The van der Waals surface area contributed by atoms with Crippen molar-refractivity contribution < 1.29 is 5.11 Å². The molecule has 19 heavy (non-hydrogen) atoms. The van der Waals surface area contributed by atoms with E-state index in [1.807, 2.05) is 48.5 Å². The number of benzene rings is 2. The van der Waals surface area contributed by atoms with Gasteiger partial charge in [-0.15, -0.1) is 0 Å². The van der Waals surface area contributed by atoms with E-state index >= 15 is 0 Å².